The Balaban J connectivity index is 1.87. The number of hydrogen-bond donors (Lipinski definition) is 3. The van der Waals surface area contributed by atoms with Gasteiger partial charge in [0.2, 0.25) is 5.03 Å². The van der Waals surface area contributed by atoms with Crippen LogP contribution >= 0.6 is 11.3 Å². The van der Waals surface area contributed by atoms with Gasteiger partial charge in [0, 0.05) is 22.6 Å². The molecule has 0 spiro atoms. The number of nitrogens with one attached hydrogen (secondary N) is 2. The third-order valence-corrected chi connectivity index (χ3v) is 5.40. The van der Waals surface area contributed by atoms with Crippen molar-refractivity contribution in [3.05, 3.63) is 22.3 Å². The third kappa shape index (κ3) is 2.43. The van der Waals surface area contributed by atoms with E-state index in [2.05, 4.69) is 19.9 Å². The minimum absolute atomic E-state index is 0.180. The van der Waals surface area contributed by atoms with Crippen LogP contribution in [0.5, 0.6) is 0 Å². The molecule has 1 aliphatic carbocycles. The summed E-state index contributed by atoms with van der Waals surface area (Å²) in [5.74, 6) is 0.477. The van der Waals surface area contributed by atoms with Crippen molar-refractivity contribution in [1.29, 1.82) is 0 Å². The number of H-pyrrole nitrogens is 1. The van der Waals surface area contributed by atoms with E-state index < -0.39 is 10.0 Å². The highest BCUT2D eigenvalue weighted by Crippen LogP contribution is 2.41. The molecule has 9 heteroatoms. The minimum Gasteiger partial charge on any atom is -0.392 e. The van der Waals surface area contributed by atoms with Crippen molar-refractivity contribution in [3.8, 4) is 0 Å². The fourth-order valence-corrected chi connectivity index (χ4v) is 4.14. The first-order valence-electron chi connectivity index (χ1n) is 6.14. The molecule has 7 nitrogen and oxygen atoms in total. The largest absolute Gasteiger partial charge is 0.392 e. The third-order valence-electron chi connectivity index (χ3n) is 3.19. The molecule has 3 N–H and O–H groups in total. The highest BCUT2D eigenvalue weighted by Gasteiger charge is 2.28. The Hall–Kier alpha value is -1.45. The van der Waals surface area contributed by atoms with Gasteiger partial charge in [-0.2, -0.15) is 13.5 Å². The van der Waals surface area contributed by atoms with Crippen LogP contribution in [-0.4, -0.2) is 28.7 Å². The van der Waals surface area contributed by atoms with Crippen molar-refractivity contribution < 1.29 is 13.5 Å². The molecule has 1 saturated carbocycles. The van der Waals surface area contributed by atoms with Crippen LogP contribution in [0.25, 0.3) is 0 Å². The number of thiazole rings is 1. The number of aromatic nitrogens is 3. The smallest absolute Gasteiger partial charge is 0.283 e. The molecule has 0 aromatic carbocycles. The lowest BCUT2D eigenvalue weighted by Crippen LogP contribution is -2.15. The van der Waals surface area contributed by atoms with Gasteiger partial charge >= 0.3 is 0 Å². The van der Waals surface area contributed by atoms with Crippen molar-refractivity contribution in [1.82, 2.24) is 15.2 Å². The van der Waals surface area contributed by atoms with Crippen molar-refractivity contribution in [2.45, 2.75) is 37.3 Å². The Morgan fingerprint density at radius 2 is 2.30 bits per heavy atom. The van der Waals surface area contributed by atoms with Gasteiger partial charge in [0.1, 0.15) is 0 Å². The second-order valence-corrected chi connectivity index (χ2v) is 7.20. The van der Waals surface area contributed by atoms with E-state index in [0.717, 1.165) is 18.5 Å². The standard InChI is InChI=1S/C11H14N4O3S2/c1-6-8(4-16)10(14-13-6)20(17,18)15-11-12-9(5-19-11)7-2-3-7/h5,7,16H,2-4H2,1H3,(H,12,15)(H,13,14). The van der Waals surface area contributed by atoms with E-state index in [1.807, 2.05) is 5.38 Å². The van der Waals surface area contributed by atoms with Gasteiger partial charge in [-0.25, -0.2) is 4.98 Å². The van der Waals surface area contributed by atoms with Crippen LogP contribution < -0.4 is 4.72 Å². The Labute approximate surface area is 120 Å². The summed E-state index contributed by atoms with van der Waals surface area (Å²) in [6, 6.07) is 0. The molecule has 0 amide bonds. The van der Waals surface area contributed by atoms with Crippen LogP contribution in [0.4, 0.5) is 5.13 Å². The Morgan fingerprint density at radius 1 is 1.55 bits per heavy atom. The Morgan fingerprint density at radius 3 is 2.95 bits per heavy atom. The number of hydrogen-bond acceptors (Lipinski definition) is 6. The molecule has 0 atom stereocenters. The van der Waals surface area contributed by atoms with Crippen LogP contribution in [-0.2, 0) is 16.6 Å². The van der Waals surface area contributed by atoms with Gasteiger partial charge < -0.3 is 5.11 Å². The van der Waals surface area contributed by atoms with Gasteiger partial charge in [0.15, 0.2) is 5.13 Å². The number of aryl methyl sites for hydroxylation is 1. The van der Waals surface area contributed by atoms with Crippen LogP contribution in [0.15, 0.2) is 10.4 Å². The summed E-state index contributed by atoms with van der Waals surface area (Å²) >= 11 is 1.26. The molecule has 2 aromatic heterocycles. The average molecular weight is 314 g/mol. The predicted molar refractivity (Wildman–Crippen MR) is 74.1 cm³/mol. The number of aromatic amines is 1. The van der Waals surface area contributed by atoms with Gasteiger partial charge in [0.05, 0.1) is 12.3 Å². The van der Waals surface area contributed by atoms with E-state index in [0.29, 0.717) is 16.7 Å². The highest BCUT2D eigenvalue weighted by molar-refractivity contribution is 7.92. The van der Waals surface area contributed by atoms with Crippen molar-refractivity contribution >= 4 is 26.5 Å². The molecule has 0 saturated heterocycles. The quantitative estimate of drug-likeness (QED) is 0.772. The summed E-state index contributed by atoms with van der Waals surface area (Å²) in [6.45, 7) is 1.27. The lowest BCUT2D eigenvalue weighted by Gasteiger charge is -2.03. The maximum atomic E-state index is 12.3. The molecule has 2 heterocycles. The second kappa shape index (κ2) is 4.83. The number of aliphatic hydroxyl groups is 1. The lowest BCUT2D eigenvalue weighted by molar-refractivity contribution is 0.277. The maximum absolute atomic E-state index is 12.3. The second-order valence-electron chi connectivity index (χ2n) is 4.75. The summed E-state index contributed by atoms with van der Waals surface area (Å²) in [6.07, 6.45) is 2.23. The number of anilines is 1. The number of aliphatic hydroxyl groups excluding tert-OH is 1. The summed E-state index contributed by atoms with van der Waals surface area (Å²) in [7, 11) is -3.83. The molecular formula is C11H14N4O3S2. The van der Waals surface area contributed by atoms with E-state index >= 15 is 0 Å². The van der Waals surface area contributed by atoms with E-state index in [1.165, 1.54) is 11.3 Å². The topological polar surface area (TPSA) is 108 Å². The highest BCUT2D eigenvalue weighted by atomic mass is 32.2. The minimum atomic E-state index is -3.83. The fourth-order valence-electron chi connectivity index (χ4n) is 1.90. The lowest BCUT2D eigenvalue weighted by atomic mass is 10.3. The van der Waals surface area contributed by atoms with E-state index in [4.69, 9.17) is 0 Å². The van der Waals surface area contributed by atoms with Crippen LogP contribution in [0.3, 0.4) is 0 Å². The number of nitrogens with zero attached hydrogens (tertiary/aromatic N) is 2. The van der Waals surface area contributed by atoms with Crippen molar-refractivity contribution in [2.24, 2.45) is 0 Å². The normalized spacial score (nSPS) is 15.5. The molecule has 0 unspecified atom stereocenters. The van der Waals surface area contributed by atoms with Gasteiger partial charge in [0.25, 0.3) is 10.0 Å². The van der Waals surface area contributed by atoms with Crippen LogP contribution in [0, 0.1) is 6.92 Å². The molecule has 0 aliphatic heterocycles. The molecule has 0 radical (unpaired) electrons. The molecule has 1 fully saturated rings. The zero-order valence-electron chi connectivity index (χ0n) is 10.8. The monoisotopic (exact) mass is 314 g/mol. The average Bonchev–Trinajstić information content (AvgIpc) is 3.03. The Bertz CT molecular complexity index is 731. The first kappa shape index (κ1) is 13.5. The summed E-state index contributed by atoms with van der Waals surface area (Å²) in [5.41, 5.74) is 1.75. The SMILES string of the molecule is Cc1[nH]nc(S(=O)(=O)Nc2nc(C3CC3)cs2)c1CO. The molecular weight excluding hydrogens is 300 g/mol. The van der Waals surface area contributed by atoms with Crippen LogP contribution in [0.2, 0.25) is 0 Å². The maximum Gasteiger partial charge on any atom is 0.283 e. The molecule has 2 aromatic rings. The zero-order chi connectivity index (χ0) is 14.3. The Kier molecular flexibility index (Phi) is 3.27. The number of sulfonamides is 1. The molecule has 1 aliphatic rings. The molecule has 20 heavy (non-hydrogen) atoms. The summed E-state index contributed by atoms with van der Waals surface area (Å²) in [5, 5.41) is 17.6. The van der Waals surface area contributed by atoms with E-state index in [1.54, 1.807) is 6.92 Å². The van der Waals surface area contributed by atoms with Gasteiger partial charge in [-0.05, 0) is 19.8 Å². The summed E-state index contributed by atoms with van der Waals surface area (Å²) in [4.78, 5) is 4.27. The number of rotatable bonds is 5. The molecule has 108 valence electrons. The van der Waals surface area contributed by atoms with Gasteiger partial charge in [-0.3, -0.25) is 9.82 Å². The van der Waals surface area contributed by atoms with E-state index in [9.17, 15) is 13.5 Å². The van der Waals surface area contributed by atoms with E-state index in [-0.39, 0.29) is 17.2 Å². The first-order chi connectivity index (χ1) is 9.51. The predicted octanol–water partition coefficient (Wildman–Crippen LogP) is 1.35. The van der Waals surface area contributed by atoms with Crippen LogP contribution in [0.1, 0.15) is 35.7 Å². The zero-order valence-corrected chi connectivity index (χ0v) is 12.4. The van der Waals surface area contributed by atoms with Crippen molar-refractivity contribution in [3.63, 3.8) is 0 Å². The molecule has 0 bridgehead atoms. The summed E-state index contributed by atoms with van der Waals surface area (Å²) < 4.78 is 26.9. The van der Waals surface area contributed by atoms with Gasteiger partial charge in [-0.1, -0.05) is 0 Å². The van der Waals surface area contributed by atoms with Crippen molar-refractivity contribution in [2.75, 3.05) is 4.72 Å². The molecule has 3 rings (SSSR count). The fraction of sp³-hybridized carbons (Fsp3) is 0.455. The first-order valence-corrected chi connectivity index (χ1v) is 8.50. The van der Waals surface area contributed by atoms with Gasteiger partial charge in [-0.15, -0.1) is 11.3 Å².